The molecule has 2 heterocycles. The van der Waals surface area contributed by atoms with E-state index in [9.17, 15) is 13.2 Å². The van der Waals surface area contributed by atoms with Gasteiger partial charge in [-0.15, -0.1) is 0 Å². The van der Waals surface area contributed by atoms with Crippen LogP contribution in [-0.4, -0.2) is 34.1 Å². The van der Waals surface area contributed by atoms with Gasteiger partial charge in [0.1, 0.15) is 0 Å². The zero-order valence-corrected chi connectivity index (χ0v) is 15.4. The van der Waals surface area contributed by atoms with Gasteiger partial charge in [-0.1, -0.05) is 29.8 Å². The molecule has 2 aromatic carbocycles. The van der Waals surface area contributed by atoms with Gasteiger partial charge in [-0.05, 0) is 43.5 Å². The second-order valence-electron chi connectivity index (χ2n) is 6.75. The summed E-state index contributed by atoms with van der Waals surface area (Å²) in [4.78, 5) is 16.7. The highest BCUT2D eigenvalue weighted by molar-refractivity contribution is 7.90. The minimum Gasteiger partial charge on any atom is -0.368 e. The molecule has 2 aliphatic rings. The Bertz CT molecular complexity index is 954. The third kappa shape index (κ3) is 2.92. The molecule has 4 rings (SSSR count). The number of sulfonamides is 1. The van der Waals surface area contributed by atoms with E-state index in [0.29, 0.717) is 13.1 Å². The molecule has 0 bridgehead atoms. The number of rotatable bonds is 2. The van der Waals surface area contributed by atoms with Crippen LogP contribution in [0.2, 0.25) is 0 Å². The zero-order valence-electron chi connectivity index (χ0n) is 14.6. The first-order valence-electron chi connectivity index (χ1n) is 8.73. The Balaban J connectivity index is 1.62. The molecule has 2 amide bonds. The van der Waals surface area contributed by atoms with Crippen molar-refractivity contribution in [1.29, 1.82) is 0 Å². The lowest BCUT2D eigenvalue weighted by molar-refractivity contribution is 0.251. The second-order valence-corrected chi connectivity index (χ2v) is 8.43. The van der Waals surface area contributed by atoms with Gasteiger partial charge in [-0.2, -0.15) is 0 Å². The first kappa shape index (κ1) is 16.9. The van der Waals surface area contributed by atoms with Gasteiger partial charge in [0.2, 0.25) is 0 Å². The van der Waals surface area contributed by atoms with E-state index in [1.54, 1.807) is 12.1 Å². The van der Waals surface area contributed by atoms with Crippen LogP contribution in [0.25, 0.3) is 0 Å². The zero-order chi connectivity index (χ0) is 18.3. The number of urea groups is 1. The molecule has 0 radical (unpaired) electrons. The van der Waals surface area contributed by atoms with Crippen molar-refractivity contribution < 1.29 is 13.2 Å². The second kappa shape index (κ2) is 6.32. The third-order valence-electron chi connectivity index (χ3n) is 4.97. The van der Waals surface area contributed by atoms with Crippen LogP contribution in [0.15, 0.2) is 47.4 Å². The van der Waals surface area contributed by atoms with Crippen LogP contribution < -0.4 is 14.5 Å². The van der Waals surface area contributed by atoms with E-state index in [4.69, 9.17) is 0 Å². The van der Waals surface area contributed by atoms with E-state index < -0.39 is 16.1 Å². The van der Waals surface area contributed by atoms with Crippen LogP contribution in [-0.2, 0) is 16.4 Å². The number of nitrogens with one attached hydrogen (secondary N) is 1. The van der Waals surface area contributed by atoms with Gasteiger partial charge in [0, 0.05) is 19.6 Å². The number of hydrogen-bond acceptors (Lipinski definition) is 4. The molecule has 0 saturated heterocycles. The molecule has 2 aromatic rings. The highest BCUT2D eigenvalue weighted by Crippen LogP contribution is 2.39. The van der Waals surface area contributed by atoms with E-state index in [-0.39, 0.29) is 4.90 Å². The summed E-state index contributed by atoms with van der Waals surface area (Å²) in [6, 6.07) is 11.7. The SMILES string of the molecule is Cc1ccc(S(=O)(=O)NC(=O)N2CCN3CCCc4cccc2c43)cc1. The molecule has 6 nitrogen and oxygen atoms in total. The lowest BCUT2D eigenvalue weighted by atomic mass is 9.98. The molecular weight excluding hydrogens is 350 g/mol. The molecule has 0 fully saturated rings. The fourth-order valence-electron chi connectivity index (χ4n) is 3.66. The Morgan fingerprint density at radius 2 is 1.81 bits per heavy atom. The summed E-state index contributed by atoms with van der Waals surface area (Å²) in [5.74, 6) is 0. The molecule has 0 atom stereocenters. The van der Waals surface area contributed by atoms with Gasteiger partial charge in [0.25, 0.3) is 10.0 Å². The largest absolute Gasteiger partial charge is 0.368 e. The summed E-state index contributed by atoms with van der Waals surface area (Å²) < 4.78 is 27.3. The van der Waals surface area contributed by atoms with Gasteiger partial charge in [-0.3, -0.25) is 4.90 Å². The molecule has 0 saturated carbocycles. The Morgan fingerprint density at radius 1 is 1.04 bits per heavy atom. The Kier molecular flexibility index (Phi) is 4.11. The summed E-state index contributed by atoms with van der Waals surface area (Å²) in [6.45, 7) is 4.03. The maximum atomic E-state index is 12.8. The predicted molar refractivity (Wildman–Crippen MR) is 101 cm³/mol. The number of para-hydroxylation sites is 1. The predicted octanol–water partition coefficient (Wildman–Crippen LogP) is 2.67. The summed E-state index contributed by atoms with van der Waals surface area (Å²) >= 11 is 0. The maximum Gasteiger partial charge on any atom is 0.335 e. The van der Waals surface area contributed by atoms with Crippen LogP contribution in [0.3, 0.4) is 0 Å². The van der Waals surface area contributed by atoms with Crippen molar-refractivity contribution in [2.24, 2.45) is 0 Å². The smallest absolute Gasteiger partial charge is 0.335 e. The van der Waals surface area contributed by atoms with E-state index in [1.165, 1.54) is 22.6 Å². The van der Waals surface area contributed by atoms with Gasteiger partial charge in [0.15, 0.2) is 0 Å². The molecule has 2 aliphatic heterocycles. The lowest BCUT2D eigenvalue weighted by Crippen LogP contribution is -2.50. The molecule has 26 heavy (non-hydrogen) atoms. The Hall–Kier alpha value is -2.54. The summed E-state index contributed by atoms with van der Waals surface area (Å²) in [5, 5.41) is 0. The number of benzene rings is 2. The van der Waals surface area contributed by atoms with Crippen molar-refractivity contribution in [3.63, 3.8) is 0 Å². The minimum absolute atomic E-state index is 0.0881. The first-order chi connectivity index (χ1) is 12.5. The number of hydrogen-bond donors (Lipinski definition) is 1. The molecule has 0 aromatic heterocycles. The first-order valence-corrected chi connectivity index (χ1v) is 10.2. The Labute approximate surface area is 153 Å². The van der Waals surface area contributed by atoms with Gasteiger partial charge >= 0.3 is 6.03 Å². The van der Waals surface area contributed by atoms with Crippen molar-refractivity contribution in [2.45, 2.75) is 24.7 Å². The molecule has 136 valence electrons. The summed E-state index contributed by atoms with van der Waals surface area (Å²) in [5.41, 5.74) is 4.02. The van der Waals surface area contributed by atoms with Crippen LogP contribution in [0.5, 0.6) is 0 Å². The van der Waals surface area contributed by atoms with Crippen LogP contribution in [0, 0.1) is 6.92 Å². The minimum atomic E-state index is -3.90. The lowest BCUT2D eigenvalue weighted by Gasteiger charge is -2.41. The van der Waals surface area contributed by atoms with Gasteiger partial charge < -0.3 is 4.90 Å². The highest BCUT2D eigenvalue weighted by atomic mass is 32.2. The van der Waals surface area contributed by atoms with Gasteiger partial charge in [-0.25, -0.2) is 17.9 Å². The van der Waals surface area contributed by atoms with Gasteiger partial charge in [0.05, 0.1) is 16.3 Å². The fraction of sp³-hybridized carbons (Fsp3) is 0.316. The van der Waals surface area contributed by atoms with E-state index in [1.807, 2.05) is 19.1 Å². The topological polar surface area (TPSA) is 69.7 Å². The molecule has 0 spiro atoms. The van der Waals surface area contributed by atoms with Crippen LogP contribution in [0.4, 0.5) is 16.2 Å². The molecule has 0 aliphatic carbocycles. The summed E-state index contributed by atoms with van der Waals surface area (Å²) in [6.07, 6.45) is 2.08. The monoisotopic (exact) mass is 371 g/mol. The van der Waals surface area contributed by atoms with Crippen molar-refractivity contribution >= 4 is 27.4 Å². The van der Waals surface area contributed by atoms with E-state index >= 15 is 0 Å². The molecular formula is C19H21N3O3S. The molecule has 1 N–H and O–H groups in total. The highest BCUT2D eigenvalue weighted by Gasteiger charge is 2.32. The van der Waals surface area contributed by atoms with Crippen molar-refractivity contribution in [1.82, 2.24) is 4.72 Å². The Morgan fingerprint density at radius 3 is 2.58 bits per heavy atom. The third-order valence-corrected chi connectivity index (χ3v) is 6.31. The van der Waals surface area contributed by atoms with Crippen LogP contribution >= 0.6 is 0 Å². The van der Waals surface area contributed by atoms with Crippen molar-refractivity contribution in [3.8, 4) is 0 Å². The number of carbonyl (C=O) groups excluding carboxylic acids is 1. The average Bonchev–Trinajstić information content (AvgIpc) is 2.62. The number of nitrogens with zero attached hydrogens (tertiary/aromatic N) is 2. The number of aryl methyl sites for hydroxylation is 2. The van der Waals surface area contributed by atoms with E-state index in [2.05, 4.69) is 15.7 Å². The number of carbonyl (C=O) groups is 1. The van der Waals surface area contributed by atoms with Crippen LogP contribution in [0.1, 0.15) is 17.5 Å². The average molecular weight is 371 g/mol. The van der Waals surface area contributed by atoms with Crippen molar-refractivity contribution in [3.05, 3.63) is 53.6 Å². The number of anilines is 2. The summed E-state index contributed by atoms with van der Waals surface area (Å²) in [7, 11) is -3.90. The normalized spacial score (nSPS) is 16.2. The molecule has 7 heteroatoms. The quantitative estimate of drug-likeness (QED) is 0.881. The van der Waals surface area contributed by atoms with E-state index in [0.717, 1.165) is 36.3 Å². The maximum absolute atomic E-state index is 12.8. The molecule has 0 unspecified atom stereocenters. The van der Waals surface area contributed by atoms with Crippen molar-refractivity contribution in [2.75, 3.05) is 29.4 Å². The fourth-order valence-corrected chi connectivity index (χ4v) is 4.61. The standard InChI is InChI=1S/C19H21N3O3S/c1-14-7-9-16(10-8-14)26(24,25)20-19(23)22-13-12-21-11-3-5-15-4-2-6-17(22)18(15)21/h2,4,6-10H,3,5,11-13H2,1H3,(H,20,23). The number of amides is 2.